The van der Waals surface area contributed by atoms with E-state index in [0.29, 0.717) is 36.3 Å². The Labute approximate surface area is 239 Å². The largest absolute Gasteiger partial charge is 0.433 e. The Balaban J connectivity index is 1.33. The second-order valence-electron chi connectivity index (χ2n) is 9.85. The fraction of sp³-hybridized carbons (Fsp3) is 0.269. The monoisotopic (exact) mass is 601 g/mol. The smallest absolute Gasteiger partial charge is 0.340 e. The number of amides is 2. The molecule has 42 heavy (non-hydrogen) atoms. The zero-order valence-electron chi connectivity index (χ0n) is 21.7. The van der Waals surface area contributed by atoms with E-state index in [0.717, 1.165) is 12.3 Å². The summed E-state index contributed by atoms with van der Waals surface area (Å²) in [7, 11) is 0. The summed E-state index contributed by atoms with van der Waals surface area (Å²) in [6.07, 6.45) is 1.61. The van der Waals surface area contributed by atoms with Crippen molar-refractivity contribution in [1.29, 1.82) is 0 Å². The fourth-order valence-corrected chi connectivity index (χ4v) is 5.63. The molecule has 0 unspecified atom stereocenters. The number of halogens is 5. The van der Waals surface area contributed by atoms with Gasteiger partial charge < -0.3 is 15.2 Å². The number of aromatic nitrogens is 7. The lowest BCUT2D eigenvalue weighted by Gasteiger charge is -2.33. The van der Waals surface area contributed by atoms with E-state index in [1.165, 1.54) is 36.3 Å². The van der Waals surface area contributed by atoms with Gasteiger partial charge >= 0.3 is 6.18 Å². The van der Waals surface area contributed by atoms with Gasteiger partial charge in [0.25, 0.3) is 0 Å². The Bertz CT molecular complexity index is 1740. The summed E-state index contributed by atoms with van der Waals surface area (Å²) < 4.78 is 56.8. The summed E-state index contributed by atoms with van der Waals surface area (Å²) in [5.41, 5.74) is 0.0575. The average Bonchev–Trinajstić information content (AvgIpc) is 3.70. The first-order chi connectivity index (χ1) is 20.0. The van der Waals surface area contributed by atoms with Crippen LogP contribution in [0.5, 0.6) is 0 Å². The minimum absolute atomic E-state index is 0.0412. The lowest BCUT2D eigenvalue weighted by molar-refractivity contribution is -0.141. The molecule has 2 aliphatic heterocycles. The number of anilines is 1. The van der Waals surface area contributed by atoms with Gasteiger partial charge in [-0.1, -0.05) is 11.6 Å². The van der Waals surface area contributed by atoms with Gasteiger partial charge in [0.05, 0.1) is 40.5 Å². The lowest BCUT2D eigenvalue weighted by Crippen LogP contribution is -2.39. The van der Waals surface area contributed by atoms with E-state index >= 15 is 4.39 Å². The highest BCUT2D eigenvalue weighted by Crippen LogP contribution is 2.44. The Kier molecular flexibility index (Phi) is 6.75. The number of hydrogen-bond acceptors (Lipinski definition) is 7. The standard InChI is InChI=1S/C26H20ClF4N9O2/c1-12(41)35-17-9-32-21(26(29,30)31)8-15(17)18-10-33-25(36-18)20-4-2-14-6-13(7-22(42)40(14)20)23-19(39-11-34-37-38-39)5-3-16(27)24(23)28/h3,5,7-11,14,20H,2,4,6H2,1H3,(H,33,36)(H,35,41)/t14-,20-/m0/s1. The van der Waals surface area contributed by atoms with E-state index in [1.54, 1.807) is 11.0 Å². The summed E-state index contributed by atoms with van der Waals surface area (Å²) in [6, 6.07) is 2.96. The molecule has 216 valence electrons. The van der Waals surface area contributed by atoms with Crippen molar-refractivity contribution in [1.82, 2.24) is 40.1 Å². The van der Waals surface area contributed by atoms with Crippen LogP contribution in [0.25, 0.3) is 22.5 Å². The van der Waals surface area contributed by atoms with Crippen LogP contribution in [0.1, 0.15) is 49.3 Å². The normalized spacial score (nSPS) is 18.7. The molecule has 6 rings (SSSR count). The van der Waals surface area contributed by atoms with Crippen LogP contribution in [0.3, 0.4) is 0 Å². The molecule has 1 saturated heterocycles. The molecule has 0 aliphatic carbocycles. The summed E-state index contributed by atoms with van der Waals surface area (Å²) in [5, 5.41) is 13.4. The third-order valence-electron chi connectivity index (χ3n) is 7.21. The number of tetrazole rings is 1. The zero-order valence-corrected chi connectivity index (χ0v) is 22.4. The van der Waals surface area contributed by atoms with Gasteiger partial charge in [-0.2, -0.15) is 17.9 Å². The number of aromatic amines is 1. The van der Waals surface area contributed by atoms with Crippen molar-refractivity contribution in [2.24, 2.45) is 0 Å². The van der Waals surface area contributed by atoms with Crippen molar-refractivity contribution in [3.8, 4) is 16.9 Å². The highest BCUT2D eigenvalue weighted by molar-refractivity contribution is 6.31. The van der Waals surface area contributed by atoms with Crippen LogP contribution in [0.15, 0.2) is 43.0 Å². The quantitative estimate of drug-likeness (QED) is 0.316. The van der Waals surface area contributed by atoms with Gasteiger partial charge in [-0.05, 0) is 53.5 Å². The summed E-state index contributed by atoms with van der Waals surface area (Å²) in [5.74, 6) is -1.21. The van der Waals surface area contributed by atoms with Gasteiger partial charge in [0, 0.05) is 30.2 Å². The van der Waals surface area contributed by atoms with Gasteiger partial charge in [-0.3, -0.25) is 9.59 Å². The molecule has 2 atom stereocenters. The number of fused-ring (bicyclic) bond motifs is 1. The fourth-order valence-electron chi connectivity index (χ4n) is 5.47. The van der Waals surface area contributed by atoms with Crippen molar-refractivity contribution in [3.63, 3.8) is 0 Å². The summed E-state index contributed by atoms with van der Waals surface area (Å²) in [6.45, 7) is 1.23. The van der Waals surface area contributed by atoms with Crippen molar-refractivity contribution in [2.45, 2.75) is 44.4 Å². The number of hydrogen-bond donors (Lipinski definition) is 2. The molecule has 1 fully saturated rings. The number of pyridine rings is 1. The molecule has 4 aromatic rings. The van der Waals surface area contributed by atoms with Gasteiger partial charge in [-0.25, -0.2) is 14.4 Å². The van der Waals surface area contributed by atoms with Gasteiger partial charge in [-0.15, -0.1) is 5.10 Å². The molecule has 2 aliphatic rings. The number of nitrogens with zero attached hydrogens (tertiary/aromatic N) is 7. The second kappa shape index (κ2) is 10.3. The van der Waals surface area contributed by atoms with Crippen molar-refractivity contribution >= 4 is 34.7 Å². The Morgan fingerprint density at radius 2 is 2.00 bits per heavy atom. The minimum Gasteiger partial charge on any atom is -0.340 e. The number of rotatable bonds is 5. The average molecular weight is 602 g/mol. The topological polar surface area (TPSA) is 135 Å². The third kappa shape index (κ3) is 4.89. The number of carbonyl (C=O) groups is 2. The molecule has 11 nitrogen and oxygen atoms in total. The maximum atomic E-state index is 15.3. The Morgan fingerprint density at radius 3 is 2.71 bits per heavy atom. The maximum absolute atomic E-state index is 15.3. The van der Waals surface area contributed by atoms with Crippen LogP contribution < -0.4 is 5.32 Å². The van der Waals surface area contributed by atoms with Crippen LogP contribution in [-0.2, 0) is 15.8 Å². The molecule has 0 bridgehead atoms. The minimum atomic E-state index is -4.71. The highest BCUT2D eigenvalue weighted by Gasteiger charge is 2.42. The first kappa shape index (κ1) is 27.5. The predicted molar refractivity (Wildman–Crippen MR) is 140 cm³/mol. The summed E-state index contributed by atoms with van der Waals surface area (Å²) in [4.78, 5) is 37.6. The lowest BCUT2D eigenvalue weighted by atomic mass is 9.92. The molecule has 16 heteroatoms. The van der Waals surface area contributed by atoms with E-state index in [1.807, 2.05) is 0 Å². The molecule has 0 saturated carbocycles. The predicted octanol–water partition coefficient (Wildman–Crippen LogP) is 4.74. The molecule has 0 radical (unpaired) electrons. The first-order valence-electron chi connectivity index (χ1n) is 12.7. The molecule has 2 N–H and O–H groups in total. The van der Waals surface area contributed by atoms with Gasteiger partial charge in [0.1, 0.15) is 17.8 Å². The maximum Gasteiger partial charge on any atom is 0.433 e. The molecule has 1 aromatic carbocycles. The number of carbonyl (C=O) groups excluding carboxylic acids is 2. The molecule has 3 aromatic heterocycles. The number of benzene rings is 1. The van der Waals surface area contributed by atoms with Crippen LogP contribution >= 0.6 is 11.6 Å². The molecule has 2 amide bonds. The van der Waals surface area contributed by atoms with Gasteiger partial charge in [0.2, 0.25) is 11.8 Å². The Morgan fingerprint density at radius 1 is 1.19 bits per heavy atom. The van der Waals surface area contributed by atoms with E-state index in [9.17, 15) is 22.8 Å². The van der Waals surface area contributed by atoms with E-state index < -0.39 is 29.6 Å². The number of nitrogens with one attached hydrogen (secondary N) is 2. The van der Waals surface area contributed by atoms with E-state index in [-0.39, 0.29) is 39.5 Å². The number of imidazole rings is 1. The van der Waals surface area contributed by atoms with Crippen LogP contribution in [0, 0.1) is 5.82 Å². The van der Waals surface area contributed by atoms with Crippen molar-refractivity contribution in [2.75, 3.05) is 5.32 Å². The van der Waals surface area contributed by atoms with Crippen molar-refractivity contribution in [3.05, 3.63) is 70.9 Å². The zero-order chi connectivity index (χ0) is 29.8. The molecular weight excluding hydrogens is 582 g/mol. The van der Waals surface area contributed by atoms with Crippen LogP contribution in [0.2, 0.25) is 5.02 Å². The first-order valence-corrected chi connectivity index (χ1v) is 13.0. The van der Waals surface area contributed by atoms with E-state index in [2.05, 4.69) is 35.8 Å². The van der Waals surface area contributed by atoms with E-state index in [4.69, 9.17) is 11.6 Å². The molecule has 0 spiro atoms. The number of alkyl halides is 3. The Hall–Kier alpha value is -4.66. The molecule has 5 heterocycles. The van der Waals surface area contributed by atoms with Crippen LogP contribution in [0.4, 0.5) is 23.2 Å². The third-order valence-corrected chi connectivity index (χ3v) is 7.50. The number of H-pyrrole nitrogens is 1. The summed E-state index contributed by atoms with van der Waals surface area (Å²) >= 11 is 6.08. The van der Waals surface area contributed by atoms with Gasteiger partial charge in [0.15, 0.2) is 5.82 Å². The SMILES string of the molecule is CC(=O)Nc1cnc(C(F)(F)F)cc1-c1cnc([C@@H]2CC[C@H]3CC(c4c(-n5cnnn5)ccc(Cl)c4F)=CC(=O)N32)[nH]1. The molecular formula is C26H20ClF4N9O2. The highest BCUT2D eigenvalue weighted by atomic mass is 35.5. The van der Waals surface area contributed by atoms with Crippen LogP contribution in [-0.4, -0.2) is 57.9 Å². The van der Waals surface area contributed by atoms with Crippen molar-refractivity contribution < 1.29 is 27.2 Å². The second-order valence-corrected chi connectivity index (χ2v) is 10.3.